The van der Waals surface area contributed by atoms with E-state index in [2.05, 4.69) is 9.71 Å². The summed E-state index contributed by atoms with van der Waals surface area (Å²) in [5.74, 6) is -1.38. The van der Waals surface area contributed by atoms with E-state index in [0.717, 1.165) is 0 Å². The highest BCUT2D eigenvalue weighted by molar-refractivity contribution is 7.89. The first-order valence-corrected chi connectivity index (χ1v) is 9.47. The molecule has 0 atom stereocenters. The molecule has 0 unspecified atom stereocenters. The second kappa shape index (κ2) is 7.37. The van der Waals surface area contributed by atoms with Gasteiger partial charge in [-0.1, -0.05) is 0 Å². The Hall–Kier alpha value is -1.84. The van der Waals surface area contributed by atoms with Crippen molar-refractivity contribution in [2.45, 2.75) is 31.6 Å². The molecule has 6 nitrogen and oxygen atoms in total. The fraction of sp³-hybridized carbons (Fsp3) is 0.333. The summed E-state index contributed by atoms with van der Waals surface area (Å²) >= 11 is 1.29. The summed E-state index contributed by atoms with van der Waals surface area (Å²) in [5.41, 5.74) is 0.998. The minimum atomic E-state index is -3.74. The number of carboxylic acid groups (broad SMARTS) is 1. The van der Waals surface area contributed by atoms with Crippen LogP contribution < -0.4 is 4.72 Å². The standard InChI is InChI=1S/C15H17FN2O4S2/c1-9-5-12(6-10(2)15(9)16)24(21,22)17-4-3-13-18-11(8-23-13)7-14(19)20/h5-6,8,17H,3-4,7H2,1-2H3,(H,19,20). The maximum absolute atomic E-state index is 13.6. The molecule has 1 heterocycles. The minimum Gasteiger partial charge on any atom is -0.481 e. The monoisotopic (exact) mass is 372 g/mol. The van der Waals surface area contributed by atoms with Crippen molar-refractivity contribution in [3.63, 3.8) is 0 Å². The van der Waals surface area contributed by atoms with E-state index in [1.165, 1.54) is 37.3 Å². The number of rotatable bonds is 7. The molecule has 0 fully saturated rings. The van der Waals surface area contributed by atoms with Crippen molar-refractivity contribution in [1.82, 2.24) is 9.71 Å². The molecule has 2 N–H and O–H groups in total. The van der Waals surface area contributed by atoms with E-state index >= 15 is 0 Å². The van der Waals surface area contributed by atoms with Crippen LogP contribution in [0.2, 0.25) is 0 Å². The lowest BCUT2D eigenvalue weighted by Crippen LogP contribution is -2.26. The summed E-state index contributed by atoms with van der Waals surface area (Å²) in [7, 11) is -3.74. The summed E-state index contributed by atoms with van der Waals surface area (Å²) in [6.07, 6.45) is 0.193. The Morgan fingerprint density at radius 1 is 1.33 bits per heavy atom. The number of benzene rings is 1. The molecule has 0 aliphatic carbocycles. The third-order valence-electron chi connectivity index (χ3n) is 3.28. The van der Waals surface area contributed by atoms with Crippen LogP contribution in [-0.4, -0.2) is 31.0 Å². The first kappa shape index (κ1) is 18.5. The predicted octanol–water partition coefficient (Wildman–Crippen LogP) is 2.05. The molecule has 0 aliphatic rings. The SMILES string of the molecule is Cc1cc(S(=O)(=O)NCCc2nc(CC(=O)O)cs2)cc(C)c1F. The Kier molecular flexibility index (Phi) is 5.68. The van der Waals surface area contributed by atoms with Gasteiger partial charge in [-0.2, -0.15) is 0 Å². The third kappa shape index (κ3) is 4.59. The number of halogens is 1. The van der Waals surface area contributed by atoms with Gasteiger partial charge in [0.1, 0.15) is 5.82 Å². The quantitative estimate of drug-likeness (QED) is 0.775. The van der Waals surface area contributed by atoms with Gasteiger partial charge >= 0.3 is 5.97 Å². The molecule has 0 amide bonds. The Labute approximate surface area is 143 Å². The predicted molar refractivity (Wildman–Crippen MR) is 88.2 cm³/mol. The zero-order valence-corrected chi connectivity index (χ0v) is 14.8. The fourth-order valence-corrected chi connectivity index (χ4v) is 4.14. The highest BCUT2D eigenvalue weighted by atomic mass is 32.2. The van der Waals surface area contributed by atoms with Crippen LogP contribution in [0, 0.1) is 19.7 Å². The molecule has 2 rings (SSSR count). The van der Waals surface area contributed by atoms with E-state index in [-0.39, 0.29) is 29.0 Å². The topological polar surface area (TPSA) is 96.4 Å². The van der Waals surface area contributed by atoms with Crippen molar-refractivity contribution in [1.29, 1.82) is 0 Å². The van der Waals surface area contributed by atoms with Gasteiger partial charge in [-0.05, 0) is 37.1 Å². The molecule has 0 bridgehead atoms. The number of aryl methyl sites for hydroxylation is 2. The number of aliphatic carboxylic acids is 1. The highest BCUT2D eigenvalue weighted by Crippen LogP contribution is 2.18. The van der Waals surface area contributed by atoms with Gasteiger partial charge in [0.05, 0.1) is 22.0 Å². The molecule has 9 heteroatoms. The van der Waals surface area contributed by atoms with Gasteiger partial charge in [-0.3, -0.25) is 4.79 Å². The molecule has 1 aromatic carbocycles. The van der Waals surface area contributed by atoms with Crippen LogP contribution in [0.5, 0.6) is 0 Å². The summed E-state index contributed by atoms with van der Waals surface area (Å²) in [5, 5.41) is 11.0. The second-order valence-electron chi connectivity index (χ2n) is 5.32. The number of nitrogens with zero attached hydrogens (tertiary/aromatic N) is 1. The van der Waals surface area contributed by atoms with Gasteiger partial charge < -0.3 is 5.11 Å². The number of carbonyl (C=O) groups is 1. The summed E-state index contributed by atoms with van der Waals surface area (Å²) in [6.45, 7) is 3.15. The second-order valence-corrected chi connectivity index (χ2v) is 8.03. The molecule has 24 heavy (non-hydrogen) atoms. The Bertz CT molecular complexity index is 839. The van der Waals surface area contributed by atoms with Crippen molar-refractivity contribution in [3.8, 4) is 0 Å². The van der Waals surface area contributed by atoms with Crippen molar-refractivity contribution >= 4 is 27.3 Å². The Morgan fingerprint density at radius 3 is 2.54 bits per heavy atom. The number of hydrogen-bond acceptors (Lipinski definition) is 5. The van der Waals surface area contributed by atoms with Crippen molar-refractivity contribution in [3.05, 3.63) is 45.2 Å². The van der Waals surface area contributed by atoms with Gasteiger partial charge in [0.15, 0.2) is 0 Å². The molecule has 0 aliphatic heterocycles. The van der Waals surface area contributed by atoms with Gasteiger partial charge in [-0.25, -0.2) is 22.5 Å². The fourth-order valence-electron chi connectivity index (χ4n) is 2.14. The van der Waals surface area contributed by atoms with Gasteiger partial charge in [0, 0.05) is 18.3 Å². The van der Waals surface area contributed by atoms with E-state index in [9.17, 15) is 17.6 Å². The zero-order valence-electron chi connectivity index (χ0n) is 13.2. The Morgan fingerprint density at radius 2 is 1.96 bits per heavy atom. The number of hydrogen-bond donors (Lipinski definition) is 2. The van der Waals surface area contributed by atoms with Gasteiger partial charge in [0.2, 0.25) is 10.0 Å². The summed E-state index contributed by atoms with van der Waals surface area (Å²) in [4.78, 5) is 14.8. The number of aromatic nitrogens is 1. The van der Waals surface area contributed by atoms with Gasteiger partial charge in [-0.15, -0.1) is 11.3 Å². The molecule has 1 aromatic heterocycles. The van der Waals surface area contributed by atoms with E-state index in [1.807, 2.05) is 0 Å². The number of thiazole rings is 1. The lowest BCUT2D eigenvalue weighted by Gasteiger charge is -2.09. The van der Waals surface area contributed by atoms with Crippen molar-refractivity contribution in [2.75, 3.05) is 6.54 Å². The minimum absolute atomic E-state index is 0.0182. The summed E-state index contributed by atoms with van der Waals surface area (Å²) in [6, 6.07) is 2.58. The van der Waals surface area contributed by atoms with Crippen LogP contribution in [0.15, 0.2) is 22.4 Å². The van der Waals surface area contributed by atoms with Crippen LogP contribution in [0.3, 0.4) is 0 Å². The maximum Gasteiger partial charge on any atom is 0.309 e. The van der Waals surface area contributed by atoms with Crippen LogP contribution >= 0.6 is 11.3 Å². The molecule has 0 spiro atoms. The van der Waals surface area contributed by atoms with Crippen molar-refractivity contribution in [2.24, 2.45) is 0 Å². The molecule has 130 valence electrons. The molecule has 0 radical (unpaired) electrons. The normalized spacial score (nSPS) is 11.6. The van der Waals surface area contributed by atoms with E-state index < -0.39 is 21.8 Å². The first-order valence-electron chi connectivity index (χ1n) is 7.10. The van der Waals surface area contributed by atoms with Gasteiger partial charge in [0.25, 0.3) is 0 Å². The highest BCUT2D eigenvalue weighted by Gasteiger charge is 2.17. The maximum atomic E-state index is 13.6. The van der Waals surface area contributed by atoms with E-state index in [1.54, 1.807) is 5.38 Å². The average Bonchev–Trinajstić information content (AvgIpc) is 2.90. The Balaban J connectivity index is 2.00. The van der Waals surface area contributed by atoms with E-state index in [0.29, 0.717) is 17.1 Å². The smallest absolute Gasteiger partial charge is 0.309 e. The first-order chi connectivity index (χ1) is 11.2. The van der Waals surface area contributed by atoms with Crippen LogP contribution in [-0.2, 0) is 27.7 Å². The van der Waals surface area contributed by atoms with Crippen molar-refractivity contribution < 1.29 is 22.7 Å². The molecule has 0 saturated heterocycles. The third-order valence-corrected chi connectivity index (χ3v) is 5.68. The number of sulfonamides is 1. The zero-order chi connectivity index (χ0) is 17.9. The molecule has 2 aromatic rings. The van der Waals surface area contributed by atoms with Crippen LogP contribution in [0.1, 0.15) is 21.8 Å². The number of nitrogens with one attached hydrogen (secondary N) is 1. The van der Waals surface area contributed by atoms with Crippen LogP contribution in [0.25, 0.3) is 0 Å². The number of carboxylic acids is 1. The lowest BCUT2D eigenvalue weighted by molar-refractivity contribution is -0.136. The largest absolute Gasteiger partial charge is 0.481 e. The molecular weight excluding hydrogens is 355 g/mol. The lowest BCUT2D eigenvalue weighted by atomic mass is 10.1. The molecular formula is C15H17FN2O4S2. The average molecular weight is 372 g/mol. The van der Waals surface area contributed by atoms with Crippen LogP contribution in [0.4, 0.5) is 4.39 Å². The van der Waals surface area contributed by atoms with E-state index in [4.69, 9.17) is 5.11 Å². The summed E-state index contributed by atoms with van der Waals surface area (Å²) < 4.78 is 40.6. The molecule has 0 saturated carbocycles.